The summed E-state index contributed by atoms with van der Waals surface area (Å²) in [6, 6.07) is 12.6. The van der Waals surface area contributed by atoms with E-state index in [1.807, 2.05) is 36.9 Å². The number of benzene rings is 2. The molecule has 6 nitrogen and oxygen atoms in total. The summed E-state index contributed by atoms with van der Waals surface area (Å²) in [4.78, 5) is 30.3. The molecule has 0 bridgehead atoms. The molecule has 7 heteroatoms. The van der Waals surface area contributed by atoms with Gasteiger partial charge in [0.2, 0.25) is 0 Å². The molecule has 0 radical (unpaired) electrons. The van der Waals surface area contributed by atoms with Gasteiger partial charge < -0.3 is 14.4 Å². The topological polar surface area (TPSA) is 59.1 Å². The van der Waals surface area contributed by atoms with Crippen molar-refractivity contribution in [3.63, 3.8) is 0 Å². The predicted octanol–water partition coefficient (Wildman–Crippen LogP) is 3.84. The molecule has 0 fully saturated rings. The standard InChI is InChI=1S/C24H27ClN2O4/c1-16-9-10-18(15-17(16)2)21-22(26(11-13-30-3)12-14-31-4)24(29)27(23(21)28)20-8-6-5-7-19(20)25/h5-10,15H,11-14H2,1-4H3. The fourth-order valence-electron chi connectivity index (χ4n) is 3.56. The monoisotopic (exact) mass is 442 g/mol. The highest BCUT2D eigenvalue weighted by Gasteiger charge is 2.43. The van der Waals surface area contributed by atoms with Crippen LogP contribution in [0.15, 0.2) is 48.2 Å². The minimum Gasteiger partial charge on any atom is -0.383 e. The van der Waals surface area contributed by atoms with Crippen molar-refractivity contribution in [2.75, 3.05) is 45.4 Å². The van der Waals surface area contributed by atoms with E-state index < -0.39 is 11.8 Å². The Morgan fingerprint density at radius 1 is 0.903 bits per heavy atom. The number of anilines is 1. The number of ether oxygens (including phenoxy) is 2. The Labute approximate surface area is 188 Å². The quantitative estimate of drug-likeness (QED) is 0.552. The summed E-state index contributed by atoms with van der Waals surface area (Å²) in [5.74, 6) is -0.797. The van der Waals surface area contributed by atoms with E-state index in [0.717, 1.165) is 16.0 Å². The average molecular weight is 443 g/mol. The number of carbonyl (C=O) groups excluding carboxylic acids is 2. The number of amides is 2. The molecule has 31 heavy (non-hydrogen) atoms. The molecular formula is C24H27ClN2O4. The molecule has 0 aromatic heterocycles. The molecule has 1 aliphatic heterocycles. The lowest BCUT2D eigenvalue weighted by molar-refractivity contribution is -0.120. The number of halogens is 1. The van der Waals surface area contributed by atoms with Gasteiger partial charge in [-0.3, -0.25) is 9.59 Å². The Morgan fingerprint density at radius 2 is 1.55 bits per heavy atom. The van der Waals surface area contributed by atoms with Crippen molar-refractivity contribution in [1.82, 2.24) is 4.90 Å². The van der Waals surface area contributed by atoms with Gasteiger partial charge in [-0.1, -0.05) is 41.9 Å². The van der Waals surface area contributed by atoms with Crippen molar-refractivity contribution >= 4 is 34.7 Å². The van der Waals surface area contributed by atoms with Crippen LogP contribution in [0, 0.1) is 13.8 Å². The third-order valence-electron chi connectivity index (χ3n) is 5.40. The number of carbonyl (C=O) groups is 2. The molecule has 0 saturated heterocycles. The first-order valence-electron chi connectivity index (χ1n) is 10.1. The van der Waals surface area contributed by atoms with Crippen LogP contribution in [0.3, 0.4) is 0 Å². The average Bonchev–Trinajstić information content (AvgIpc) is 3.01. The molecule has 0 aliphatic carbocycles. The normalized spacial score (nSPS) is 14.0. The van der Waals surface area contributed by atoms with E-state index in [-0.39, 0.29) is 0 Å². The second kappa shape index (κ2) is 10.1. The maximum Gasteiger partial charge on any atom is 0.282 e. The van der Waals surface area contributed by atoms with Gasteiger partial charge in [0.05, 0.1) is 29.5 Å². The summed E-state index contributed by atoms with van der Waals surface area (Å²) < 4.78 is 10.5. The van der Waals surface area contributed by atoms with Gasteiger partial charge in [0.25, 0.3) is 11.8 Å². The first-order chi connectivity index (χ1) is 14.9. The molecule has 1 aliphatic rings. The van der Waals surface area contributed by atoms with Crippen LogP contribution in [0.5, 0.6) is 0 Å². The summed E-state index contributed by atoms with van der Waals surface area (Å²) in [6.07, 6.45) is 0. The van der Waals surface area contributed by atoms with Crippen LogP contribution in [0.4, 0.5) is 5.69 Å². The molecule has 1 heterocycles. The number of hydrogen-bond donors (Lipinski definition) is 0. The molecule has 0 saturated carbocycles. The maximum absolute atomic E-state index is 13.6. The molecule has 3 rings (SSSR count). The van der Waals surface area contributed by atoms with Crippen LogP contribution in [-0.4, -0.2) is 57.2 Å². The second-order valence-corrected chi connectivity index (χ2v) is 7.80. The summed E-state index contributed by atoms with van der Waals surface area (Å²) in [6.45, 7) is 5.69. The van der Waals surface area contributed by atoms with Gasteiger partial charge in [-0.25, -0.2) is 4.90 Å². The summed E-state index contributed by atoms with van der Waals surface area (Å²) >= 11 is 6.35. The van der Waals surface area contributed by atoms with Gasteiger partial charge in [0.1, 0.15) is 5.70 Å². The fraction of sp³-hybridized carbons (Fsp3) is 0.333. The van der Waals surface area contributed by atoms with E-state index in [4.69, 9.17) is 21.1 Å². The highest BCUT2D eigenvalue weighted by molar-refractivity contribution is 6.47. The van der Waals surface area contributed by atoms with Gasteiger partial charge in [0.15, 0.2) is 0 Å². The minimum atomic E-state index is -0.404. The SMILES string of the molecule is COCCN(CCOC)C1=C(c2ccc(C)c(C)c2)C(=O)N(c2ccccc2Cl)C1=O. The van der Waals surface area contributed by atoms with Crippen molar-refractivity contribution in [3.05, 3.63) is 69.9 Å². The van der Waals surface area contributed by atoms with Crippen LogP contribution < -0.4 is 4.90 Å². The van der Waals surface area contributed by atoms with E-state index in [2.05, 4.69) is 0 Å². The van der Waals surface area contributed by atoms with Gasteiger partial charge in [0, 0.05) is 27.3 Å². The van der Waals surface area contributed by atoms with Gasteiger partial charge >= 0.3 is 0 Å². The zero-order valence-corrected chi connectivity index (χ0v) is 19.0. The number of para-hydroxylation sites is 1. The van der Waals surface area contributed by atoms with E-state index in [1.54, 1.807) is 38.5 Å². The Morgan fingerprint density at radius 3 is 2.13 bits per heavy atom. The Balaban J connectivity index is 2.17. The first-order valence-corrected chi connectivity index (χ1v) is 10.5. The predicted molar refractivity (Wildman–Crippen MR) is 122 cm³/mol. The number of hydrogen-bond acceptors (Lipinski definition) is 5. The second-order valence-electron chi connectivity index (χ2n) is 7.39. The zero-order chi connectivity index (χ0) is 22.5. The first kappa shape index (κ1) is 23.0. The van der Waals surface area contributed by atoms with Crippen molar-refractivity contribution in [3.8, 4) is 0 Å². The number of aryl methyl sites for hydroxylation is 2. The maximum atomic E-state index is 13.6. The third-order valence-corrected chi connectivity index (χ3v) is 5.71. The Hall–Kier alpha value is -2.67. The highest BCUT2D eigenvalue weighted by Crippen LogP contribution is 2.37. The van der Waals surface area contributed by atoms with Crippen molar-refractivity contribution in [1.29, 1.82) is 0 Å². The van der Waals surface area contributed by atoms with Crippen LogP contribution in [0.2, 0.25) is 5.02 Å². The fourth-order valence-corrected chi connectivity index (χ4v) is 3.78. The van der Waals surface area contributed by atoms with E-state index >= 15 is 0 Å². The molecule has 2 aromatic rings. The Kier molecular flexibility index (Phi) is 7.49. The highest BCUT2D eigenvalue weighted by atomic mass is 35.5. The molecule has 2 aromatic carbocycles. The molecule has 164 valence electrons. The van der Waals surface area contributed by atoms with Crippen LogP contribution in [-0.2, 0) is 19.1 Å². The van der Waals surface area contributed by atoms with Gasteiger partial charge in [-0.2, -0.15) is 0 Å². The molecule has 0 atom stereocenters. The van der Waals surface area contributed by atoms with Crippen molar-refractivity contribution in [2.45, 2.75) is 13.8 Å². The lowest BCUT2D eigenvalue weighted by atomic mass is 9.99. The van der Waals surface area contributed by atoms with Crippen molar-refractivity contribution < 1.29 is 19.1 Å². The molecule has 2 amide bonds. The minimum absolute atomic E-state index is 0.335. The van der Waals surface area contributed by atoms with Crippen LogP contribution in [0.25, 0.3) is 5.57 Å². The number of nitrogens with zero attached hydrogens (tertiary/aromatic N) is 2. The van der Waals surface area contributed by atoms with Crippen LogP contribution in [0.1, 0.15) is 16.7 Å². The number of imide groups is 1. The lowest BCUT2D eigenvalue weighted by Crippen LogP contribution is -2.37. The molecular weight excluding hydrogens is 416 g/mol. The van der Waals surface area contributed by atoms with E-state index in [9.17, 15) is 9.59 Å². The summed E-state index contributed by atoms with van der Waals surface area (Å²) in [7, 11) is 3.20. The molecule has 0 spiro atoms. The summed E-state index contributed by atoms with van der Waals surface area (Å²) in [5, 5.41) is 0.338. The Bertz CT molecular complexity index is 1010. The molecule has 0 N–H and O–H groups in total. The number of methoxy groups -OCH3 is 2. The van der Waals surface area contributed by atoms with Crippen LogP contribution >= 0.6 is 11.6 Å². The lowest BCUT2D eigenvalue weighted by Gasteiger charge is -2.26. The molecule has 0 unspecified atom stereocenters. The smallest absolute Gasteiger partial charge is 0.282 e. The zero-order valence-electron chi connectivity index (χ0n) is 18.3. The van der Waals surface area contributed by atoms with E-state index in [0.29, 0.717) is 53.8 Å². The van der Waals surface area contributed by atoms with E-state index in [1.165, 1.54) is 0 Å². The van der Waals surface area contributed by atoms with Gasteiger partial charge in [-0.05, 0) is 42.7 Å². The van der Waals surface area contributed by atoms with Gasteiger partial charge in [-0.15, -0.1) is 0 Å². The van der Waals surface area contributed by atoms with Crippen molar-refractivity contribution in [2.24, 2.45) is 0 Å². The largest absolute Gasteiger partial charge is 0.383 e. The number of rotatable bonds is 9. The summed E-state index contributed by atoms with van der Waals surface area (Å²) in [5.41, 5.74) is 3.92. The third kappa shape index (κ3) is 4.66.